The van der Waals surface area contributed by atoms with E-state index in [1.165, 1.54) is 0 Å². The molecule has 5 heteroatoms. The van der Waals surface area contributed by atoms with E-state index >= 15 is 0 Å². The van der Waals surface area contributed by atoms with Gasteiger partial charge in [-0.05, 0) is 13.0 Å². The van der Waals surface area contributed by atoms with Crippen LogP contribution in [0.15, 0.2) is 23.8 Å². The van der Waals surface area contributed by atoms with Crippen molar-refractivity contribution in [2.24, 2.45) is 0 Å². The Morgan fingerprint density at radius 3 is 3.00 bits per heavy atom. The Kier molecular flexibility index (Phi) is 3.35. The first-order valence-corrected chi connectivity index (χ1v) is 6.05. The van der Waals surface area contributed by atoms with E-state index in [9.17, 15) is 0 Å². The largest absolute Gasteiger partial charge is 0.366 e. The second kappa shape index (κ2) is 4.93. The number of nitriles is 1. The van der Waals surface area contributed by atoms with Gasteiger partial charge in [-0.15, -0.1) is 11.3 Å². The number of anilines is 1. The molecule has 2 heterocycles. The van der Waals surface area contributed by atoms with Crippen molar-refractivity contribution in [3.05, 3.63) is 40.1 Å². The van der Waals surface area contributed by atoms with Crippen LogP contribution in [0.5, 0.6) is 0 Å². The molecule has 0 saturated carbocycles. The molecular formula is C12H12N4S. The Morgan fingerprint density at radius 1 is 1.53 bits per heavy atom. The van der Waals surface area contributed by atoms with Crippen LogP contribution in [-0.4, -0.2) is 17.0 Å². The number of rotatable bonds is 3. The van der Waals surface area contributed by atoms with Crippen molar-refractivity contribution in [1.29, 1.82) is 5.26 Å². The summed E-state index contributed by atoms with van der Waals surface area (Å²) in [6, 6.07) is 3.89. The van der Waals surface area contributed by atoms with Gasteiger partial charge in [-0.3, -0.25) is 4.98 Å². The number of aryl methyl sites for hydroxylation is 1. The van der Waals surface area contributed by atoms with E-state index in [2.05, 4.69) is 16.0 Å². The maximum absolute atomic E-state index is 9.02. The van der Waals surface area contributed by atoms with Crippen LogP contribution < -0.4 is 4.90 Å². The fourth-order valence-electron chi connectivity index (χ4n) is 1.59. The van der Waals surface area contributed by atoms with Gasteiger partial charge < -0.3 is 4.90 Å². The smallest absolute Gasteiger partial charge is 0.101 e. The molecule has 0 saturated heterocycles. The summed E-state index contributed by atoms with van der Waals surface area (Å²) in [5.74, 6) is 0. The van der Waals surface area contributed by atoms with E-state index < -0.39 is 0 Å². The van der Waals surface area contributed by atoms with Crippen LogP contribution in [0, 0.1) is 18.3 Å². The van der Waals surface area contributed by atoms with Crippen LogP contribution in [0.3, 0.4) is 0 Å². The SMILES string of the molecule is Cc1nc(CN(C)c2cnccc2C#N)cs1. The van der Waals surface area contributed by atoms with E-state index in [1.807, 2.05) is 24.3 Å². The van der Waals surface area contributed by atoms with E-state index in [-0.39, 0.29) is 0 Å². The van der Waals surface area contributed by atoms with Gasteiger partial charge in [0, 0.05) is 18.6 Å². The highest BCUT2D eigenvalue weighted by molar-refractivity contribution is 7.09. The fraction of sp³-hybridized carbons (Fsp3) is 0.250. The van der Waals surface area contributed by atoms with Gasteiger partial charge in [0.25, 0.3) is 0 Å². The molecule has 0 aliphatic heterocycles. The minimum atomic E-state index is 0.634. The van der Waals surface area contributed by atoms with Crippen LogP contribution in [0.1, 0.15) is 16.3 Å². The lowest BCUT2D eigenvalue weighted by Gasteiger charge is -2.18. The molecule has 86 valence electrons. The summed E-state index contributed by atoms with van der Waals surface area (Å²) < 4.78 is 0. The van der Waals surface area contributed by atoms with E-state index in [0.717, 1.165) is 16.4 Å². The molecule has 0 atom stereocenters. The minimum absolute atomic E-state index is 0.634. The van der Waals surface area contributed by atoms with Crippen molar-refractivity contribution in [3.63, 3.8) is 0 Å². The van der Waals surface area contributed by atoms with Crippen molar-refractivity contribution in [2.45, 2.75) is 13.5 Å². The van der Waals surface area contributed by atoms with Gasteiger partial charge in [-0.25, -0.2) is 4.98 Å². The average molecular weight is 244 g/mol. The predicted molar refractivity (Wildman–Crippen MR) is 67.9 cm³/mol. The molecular weight excluding hydrogens is 232 g/mol. The summed E-state index contributed by atoms with van der Waals surface area (Å²) in [7, 11) is 1.94. The summed E-state index contributed by atoms with van der Waals surface area (Å²) in [5.41, 5.74) is 2.48. The number of hydrogen-bond acceptors (Lipinski definition) is 5. The van der Waals surface area contributed by atoms with E-state index in [0.29, 0.717) is 12.1 Å². The van der Waals surface area contributed by atoms with Gasteiger partial charge in [-0.2, -0.15) is 5.26 Å². The first-order valence-electron chi connectivity index (χ1n) is 5.17. The van der Waals surface area contributed by atoms with Gasteiger partial charge in [0.1, 0.15) is 6.07 Å². The second-order valence-corrected chi connectivity index (χ2v) is 4.78. The third-order valence-corrected chi connectivity index (χ3v) is 3.22. The monoisotopic (exact) mass is 244 g/mol. The molecule has 0 bridgehead atoms. The quantitative estimate of drug-likeness (QED) is 0.831. The molecule has 0 spiro atoms. The lowest BCUT2D eigenvalue weighted by molar-refractivity contribution is 0.884. The number of aromatic nitrogens is 2. The zero-order valence-corrected chi connectivity index (χ0v) is 10.5. The van der Waals surface area contributed by atoms with E-state index in [1.54, 1.807) is 29.8 Å². The van der Waals surface area contributed by atoms with Gasteiger partial charge >= 0.3 is 0 Å². The van der Waals surface area contributed by atoms with Crippen molar-refractivity contribution in [1.82, 2.24) is 9.97 Å². The highest BCUT2D eigenvalue weighted by atomic mass is 32.1. The molecule has 0 fully saturated rings. The molecule has 2 rings (SSSR count). The first-order chi connectivity index (χ1) is 8.20. The van der Waals surface area contributed by atoms with Gasteiger partial charge in [0.05, 0.1) is 34.7 Å². The van der Waals surface area contributed by atoms with Gasteiger partial charge in [0.2, 0.25) is 0 Å². The zero-order chi connectivity index (χ0) is 12.3. The Hall–Kier alpha value is -1.93. The van der Waals surface area contributed by atoms with Crippen LogP contribution >= 0.6 is 11.3 Å². The third-order valence-electron chi connectivity index (χ3n) is 2.40. The summed E-state index contributed by atoms with van der Waals surface area (Å²) in [6.07, 6.45) is 3.33. The van der Waals surface area contributed by atoms with Crippen LogP contribution in [0.2, 0.25) is 0 Å². The molecule has 0 unspecified atom stereocenters. The van der Waals surface area contributed by atoms with Crippen molar-refractivity contribution in [2.75, 3.05) is 11.9 Å². The molecule has 0 aliphatic carbocycles. The Labute approximate surface area is 104 Å². The van der Waals surface area contributed by atoms with Gasteiger partial charge in [-0.1, -0.05) is 0 Å². The first kappa shape index (κ1) is 11.6. The summed E-state index contributed by atoms with van der Waals surface area (Å²) in [5, 5.41) is 12.1. The predicted octanol–water partition coefficient (Wildman–Crippen LogP) is 2.35. The number of hydrogen-bond donors (Lipinski definition) is 0. The maximum atomic E-state index is 9.02. The molecule has 0 aliphatic rings. The zero-order valence-electron chi connectivity index (χ0n) is 9.71. The van der Waals surface area contributed by atoms with Crippen molar-refractivity contribution >= 4 is 17.0 Å². The molecule has 17 heavy (non-hydrogen) atoms. The normalized spacial score (nSPS) is 9.94. The Balaban J connectivity index is 2.20. The molecule has 2 aromatic rings. The summed E-state index contributed by atoms with van der Waals surface area (Å²) >= 11 is 1.63. The molecule has 4 nitrogen and oxygen atoms in total. The fourth-order valence-corrected chi connectivity index (χ4v) is 2.20. The molecule has 0 aromatic carbocycles. The topological polar surface area (TPSA) is 52.8 Å². The highest BCUT2D eigenvalue weighted by Crippen LogP contribution is 2.19. The van der Waals surface area contributed by atoms with Crippen LogP contribution in [0.25, 0.3) is 0 Å². The minimum Gasteiger partial charge on any atom is -0.366 e. The Morgan fingerprint density at radius 2 is 2.35 bits per heavy atom. The van der Waals surface area contributed by atoms with Crippen LogP contribution in [-0.2, 0) is 6.54 Å². The Bertz CT molecular complexity index is 556. The van der Waals surface area contributed by atoms with Crippen molar-refractivity contribution < 1.29 is 0 Å². The number of thiazole rings is 1. The second-order valence-electron chi connectivity index (χ2n) is 3.72. The number of pyridine rings is 1. The molecule has 0 amide bonds. The highest BCUT2D eigenvalue weighted by Gasteiger charge is 2.09. The van der Waals surface area contributed by atoms with Gasteiger partial charge in [0.15, 0.2) is 0 Å². The summed E-state index contributed by atoms with van der Waals surface area (Å²) in [4.78, 5) is 10.4. The van der Waals surface area contributed by atoms with E-state index in [4.69, 9.17) is 5.26 Å². The number of nitrogens with zero attached hydrogens (tertiary/aromatic N) is 4. The maximum Gasteiger partial charge on any atom is 0.101 e. The molecule has 0 N–H and O–H groups in total. The molecule has 2 aromatic heterocycles. The average Bonchev–Trinajstić information content (AvgIpc) is 2.74. The lowest BCUT2D eigenvalue weighted by atomic mass is 10.2. The molecule has 0 radical (unpaired) electrons. The summed E-state index contributed by atoms with van der Waals surface area (Å²) in [6.45, 7) is 2.67. The third kappa shape index (κ3) is 2.60. The standard InChI is InChI=1S/C12H12N4S/c1-9-15-11(8-17-9)7-16(2)12-6-14-4-3-10(12)5-13/h3-4,6,8H,7H2,1-2H3. The van der Waals surface area contributed by atoms with Crippen LogP contribution in [0.4, 0.5) is 5.69 Å². The lowest BCUT2D eigenvalue weighted by Crippen LogP contribution is -2.18. The van der Waals surface area contributed by atoms with Crippen molar-refractivity contribution in [3.8, 4) is 6.07 Å².